The van der Waals surface area contributed by atoms with E-state index in [2.05, 4.69) is 45.0 Å². The van der Waals surface area contributed by atoms with Crippen molar-refractivity contribution < 1.29 is 16.5 Å². The van der Waals surface area contributed by atoms with Crippen molar-refractivity contribution in [2.45, 2.75) is 25.8 Å². The Labute approximate surface area is 167 Å². The topological polar surface area (TPSA) is 43.4 Å². The Morgan fingerprint density at radius 2 is 1.18 bits per heavy atom. The van der Waals surface area contributed by atoms with E-state index in [-0.39, 0.29) is 10.8 Å². The average Bonchev–Trinajstić information content (AvgIpc) is 2.63. The maximum absolute atomic E-state index is 13.5. The van der Waals surface area contributed by atoms with Gasteiger partial charge in [0.2, 0.25) is 0 Å². The SMILES string of the molecule is CC(C)(C)[Si](c1ccccc1)(c1ccccc1)c1ccccc1OS(=O)(=O)F. The van der Waals surface area contributed by atoms with Gasteiger partial charge in [0.25, 0.3) is 0 Å². The highest BCUT2D eigenvalue weighted by Crippen LogP contribution is 2.37. The smallest absolute Gasteiger partial charge is 0.358 e. The summed E-state index contributed by atoms with van der Waals surface area (Å²) in [4.78, 5) is 0. The van der Waals surface area contributed by atoms with Crippen LogP contribution < -0.4 is 19.7 Å². The van der Waals surface area contributed by atoms with Gasteiger partial charge in [-0.1, -0.05) is 104 Å². The Morgan fingerprint density at radius 1 is 0.750 bits per heavy atom. The van der Waals surface area contributed by atoms with Crippen LogP contribution in [-0.2, 0) is 10.5 Å². The summed E-state index contributed by atoms with van der Waals surface area (Å²) >= 11 is 0. The van der Waals surface area contributed by atoms with Crippen LogP contribution in [0.5, 0.6) is 5.75 Å². The first-order chi connectivity index (χ1) is 13.2. The van der Waals surface area contributed by atoms with Crippen molar-refractivity contribution in [3.05, 3.63) is 84.9 Å². The molecule has 0 fully saturated rings. The summed E-state index contributed by atoms with van der Waals surface area (Å²) in [5.41, 5.74) is 0. The van der Waals surface area contributed by atoms with Crippen molar-refractivity contribution >= 4 is 34.1 Å². The molecule has 0 atom stereocenters. The predicted molar refractivity (Wildman–Crippen MR) is 114 cm³/mol. The Balaban J connectivity index is 2.46. The largest absolute Gasteiger partial charge is 0.488 e. The zero-order chi connectivity index (χ0) is 20.4. The highest BCUT2D eigenvalue weighted by Gasteiger charge is 2.50. The highest BCUT2D eigenvalue weighted by atomic mass is 32.3. The maximum atomic E-state index is 13.5. The number of rotatable bonds is 5. The monoisotopic (exact) mass is 414 g/mol. The van der Waals surface area contributed by atoms with E-state index in [1.54, 1.807) is 6.07 Å². The van der Waals surface area contributed by atoms with Gasteiger partial charge in [-0.15, -0.1) is 0 Å². The van der Waals surface area contributed by atoms with Crippen LogP contribution in [0.15, 0.2) is 84.9 Å². The molecule has 0 aliphatic rings. The quantitative estimate of drug-likeness (QED) is 0.364. The fourth-order valence-corrected chi connectivity index (χ4v) is 10.2. The average molecular weight is 415 g/mol. The summed E-state index contributed by atoms with van der Waals surface area (Å²) in [6.07, 6.45) is 0. The minimum absolute atomic E-state index is 0.0410. The van der Waals surface area contributed by atoms with E-state index in [4.69, 9.17) is 4.18 Å². The summed E-state index contributed by atoms with van der Waals surface area (Å²) in [6, 6.07) is 26.9. The lowest BCUT2D eigenvalue weighted by molar-refractivity contribution is 0.441. The van der Waals surface area contributed by atoms with Crippen molar-refractivity contribution in [2.75, 3.05) is 0 Å². The summed E-state index contributed by atoms with van der Waals surface area (Å²) in [5.74, 6) is 0.0410. The molecule has 0 saturated heterocycles. The third kappa shape index (κ3) is 3.75. The lowest BCUT2D eigenvalue weighted by atomic mass is 10.2. The van der Waals surface area contributed by atoms with E-state index >= 15 is 0 Å². The molecule has 3 aromatic carbocycles. The molecule has 0 amide bonds. The van der Waals surface area contributed by atoms with Gasteiger partial charge in [-0.3, -0.25) is 0 Å². The number of hydrogen-bond acceptors (Lipinski definition) is 3. The summed E-state index contributed by atoms with van der Waals surface area (Å²) < 4.78 is 41.0. The fourth-order valence-electron chi connectivity index (χ4n) is 4.08. The van der Waals surface area contributed by atoms with Crippen LogP contribution in [0.3, 0.4) is 0 Å². The Bertz CT molecular complexity index is 1010. The molecule has 0 aromatic heterocycles. The van der Waals surface area contributed by atoms with Gasteiger partial charge in [0.05, 0.1) is 0 Å². The molecule has 3 nitrogen and oxygen atoms in total. The Morgan fingerprint density at radius 3 is 1.61 bits per heavy atom. The second-order valence-electron chi connectivity index (χ2n) is 7.70. The summed E-state index contributed by atoms with van der Waals surface area (Å²) in [6.45, 7) is 6.42. The molecule has 28 heavy (non-hydrogen) atoms. The molecule has 0 radical (unpaired) electrons. The Kier molecular flexibility index (Phi) is 5.45. The van der Waals surface area contributed by atoms with E-state index in [0.29, 0.717) is 0 Å². The van der Waals surface area contributed by atoms with Gasteiger partial charge in [-0.05, 0) is 26.7 Å². The second kappa shape index (κ2) is 7.52. The van der Waals surface area contributed by atoms with Crippen LogP contribution in [0.1, 0.15) is 20.8 Å². The Hall–Kier alpha value is -2.44. The van der Waals surface area contributed by atoms with Crippen molar-refractivity contribution in [3.8, 4) is 5.75 Å². The minimum atomic E-state index is -5.15. The van der Waals surface area contributed by atoms with Crippen molar-refractivity contribution in [3.63, 3.8) is 0 Å². The van der Waals surface area contributed by atoms with Crippen LogP contribution in [0.25, 0.3) is 0 Å². The number of halogens is 1. The molecule has 0 spiro atoms. The van der Waals surface area contributed by atoms with Gasteiger partial charge in [0, 0.05) is 0 Å². The number of para-hydroxylation sites is 1. The molecule has 146 valence electrons. The van der Waals surface area contributed by atoms with Crippen LogP contribution in [0.2, 0.25) is 5.04 Å². The first kappa shape index (κ1) is 20.3. The normalized spacial score (nSPS) is 12.6. The molecule has 0 N–H and O–H groups in total. The van der Waals surface area contributed by atoms with Crippen LogP contribution in [-0.4, -0.2) is 16.5 Å². The van der Waals surface area contributed by atoms with Crippen molar-refractivity contribution in [1.82, 2.24) is 0 Å². The van der Waals surface area contributed by atoms with Crippen LogP contribution >= 0.6 is 0 Å². The van der Waals surface area contributed by atoms with Gasteiger partial charge in [0.1, 0.15) is 5.75 Å². The fraction of sp³-hybridized carbons (Fsp3) is 0.182. The van der Waals surface area contributed by atoms with Gasteiger partial charge in [-0.2, -0.15) is 8.42 Å². The predicted octanol–water partition coefficient (Wildman–Crippen LogP) is 3.55. The molecular formula is C22H23FO3SSi. The van der Waals surface area contributed by atoms with Crippen molar-refractivity contribution in [1.29, 1.82) is 0 Å². The summed E-state index contributed by atoms with van der Waals surface area (Å²) in [7, 11) is -7.97. The second-order valence-corrected chi connectivity index (χ2v) is 13.4. The van der Waals surface area contributed by atoms with Gasteiger partial charge in [-0.25, -0.2) is 0 Å². The minimum Gasteiger partial charge on any atom is -0.358 e. The first-order valence-corrected chi connectivity index (χ1v) is 12.3. The summed E-state index contributed by atoms with van der Waals surface area (Å²) in [5, 5.41) is 2.65. The zero-order valence-corrected chi connectivity index (χ0v) is 17.9. The zero-order valence-electron chi connectivity index (χ0n) is 16.1. The van der Waals surface area contributed by atoms with Gasteiger partial charge >= 0.3 is 10.5 Å². The van der Waals surface area contributed by atoms with E-state index < -0.39 is 18.6 Å². The maximum Gasteiger partial charge on any atom is 0.488 e. The van der Waals surface area contributed by atoms with Gasteiger partial charge < -0.3 is 4.18 Å². The molecule has 0 bridgehead atoms. The molecular weight excluding hydrogens is 391 g/mol. The first-order valence-electron chi connectivity index (χ1n) is 9.01. The van der Waals surface area contributed by atoms with E-state index in [0.717, 1.165) is 15.6 Å². The van der Waals surface area contributed by atoms with E-state index in [1.165, 1.54) is 6.07 Å². The molecule has 0 saturated carbocycles. The standard InChI is InChI=1S/C22H23FO3SSi/c1-22(2,3)28(18-12-6-4-7-13-18,19-14-8-5-9-15-19)21-17-11-10-16-20(21)26-27(23,24)25/h4-17H,1-3H3. The van der Waals surface area contributed by atoms with Crippen LogP contribution in [0.4, 0.5) is 3.89 Å². The van der Waals surface area contributed by atoms with Crippen LogP contribution in [0, 0.1) is 0 Å². The molecule has 6 heteroatoms. The molecule has 0 aliphatic carbocycles. The molecule has 0 unspecified atom stereocenters. The van der Waals surface area contributed by atoms with E-state index in [1.807, 2.05) is 48.5 Å². The lowest BCUT2D eigenvalue weighted by Gasteiger charge is -2.44. The lowest BCUT2D eigenvalue weighted by Crippen LogP contribution is -2.72. The number of hydrogen-bond donors (Lipinski definition) is 0. The van der Waals surface area contributed by atoms with Crippen molar-refractivity contribution in [2.24, 2.45) is 0 Å². The third-order valence-electron chi connectivity index (χ3n) is 5.02. The molecule has 3 aromatic rings. The molecule has 0 aliphatic heterocycles. The van der Waals surface area contributed by atoms with Gasteiger partial charge in [0.15, 0.2) is 8.07 Å². The molecule has 0 heterocycles. The number of benzene rings is 3. The van der Waals surface area contributed by atoms with E-state index in [9.17, 15) is 12.3 Å². The molecule has 3 rings (SSSR count). The third-order valence-corrected chi connectivity index (χ3v) is 11.3. The highest BCUT2D eigenvalue weighted by molar-refractivity contribution is 7.81.